The highest BCUT2D eigenvalue weighted by atomic mass is 16.2. The minimum Gasteiger partial charge on any atom is -0.345 e. The van der Waals surface area contributed by atoms with Gasteiger partial charge >= 0.3 is 6.03 Å². The van der Waals surface area contributed by atoms with Crippen LogP contribution < -0.4 is 0 Å². The summed E-state index contributed by atoms with van der Waals surface area (Å²) in [6, 6.07) is -0.121. The first-order valence-electron chi connectivity index (χ1n) is 4.35. The Morgan fingerprint density at radius 2 is 2.33 bits per heavy atom. The normalized spacial score (nSPS) is 17.3. The van der Waals surface area contributed by atoms with E-state index in [0.717, 1.165) is 19.5 Å². The lowest BCUT2D eigenvalue weighted by atomic mass is 10.4. The summed E-state index contributed by atoms with van der Waals surface area (Å²) in [5, 5.41) is 0. The van der Waals surface area contributed by atoms with E-state index in [-0.39, 0.29) is 6.03 Å². The molecule has 0 aliphatic carbocycles. The molecule has 0 aromatic rings. The summed E-state index contributed by atoms with van der Waals surface area (Å²) in [6.07, 6.45) is 2.72. The van der Waals surface area contributed by atoms with Gasteiger partial charge in [0.15, 0.2) is 0 Å². The average molecular weight is 169 g/mol. The van der Waals surface area contributed by atoms with Crippen LogP contribution in [-0.2, 0) is 0 Å². The van der Waals surface area contributed by atoms with Crippen molar-refractivity contribution in [3.8, 4) is 0 Å². The molecule has 0 radical (unpaired) electrons. The van der Waals surface area contributed by atoms with Gasteiger partial charge in [-0.1, -0.05) is 6.92 Å². The molecule has 1 rings (SSSR count). The summed E-state index contributed by atoms with van der Waals surface area (Å²) in [5.74, 6) is 0. The van der Waals surface area contributed by atoms with Gasteiger partial charge in [-0.25, -0.2) is 4.79 Å². The van der Waals surface area contributed by atoms with E-state index in [0.29, 0.717) is 6.67 Å². The molecular weight excluding hydrogens is 154 g/mol. The summed E-state index contributed by atoms with van der Waals surface area (Å²) < 4.78 is 0. The monoisotopic (exact) mass is 169 g/mol. The molecule has 0 spiro atoms. The van der Waals surface area contributed by atoms with E-state index in [1.807, 2.05) is 11.8 Å². The molecule has 0 aromatic heterocycles. The Kier molecular flexibility index (Phi) is 3.08. The Morgan fingerprint density at radius 1 is 1.58 bits per heavy atom. The van der Waals surface area contributed by atoms with Crippen LogP contribution in [0.5, 0.6) is 0 Å². The number of carbonyl (C=O) groups is 1. The summed E-state index contributed by atoms with van der Waals surface area (Å²) in [7, 11) is 0. The van der Waals surface area contributed by atoms with E-state index in [1.54, 1.807) is 11.2 Å². The lowest BCUT2D eigenvalue weighted by molar-refractivity contribution is 0.177. The van der Waals surface area contributed by atoms with Gasteiger partial charge in [0.1, 0.15) is 0 Å². The summed E-state index contributed by atoms with van der Waals surface area (Å²) in [5.41, 5.74) is 0. The molecule has 2 amide bonds. The molecule has 0 aromatic carbocycles. The van der Waals surface area contributed by atoms with Gasteiger partial charge in [0.05, 0.1) is 13.0 Å². The average Bonchev–Trinajstić information content (AvgIpc) is 2.09. The van der Waals surface area contributed by atoms with Gasteiger partial charge in [0, 0.05) is 13.1 Å². The maximum Gasteiger partial charge on any atom is 0.346 e. The van der Waals surface area contributed by atoms with Crippen molar-refractivity contribution < 1.29 is 4.79 Å². The molecule has 0 saturated heterocycles. The Labute approximate surface area is 72.9 Å². The van der Waals surface area contributed by atoms with Crippen LogP contribution in [0.2, 0.25) is 0 Å². The number of aliphatic imine (C=N–C) groups is 1. The van der Waals surface area contributed by atoms with E-state index in [2.05, 4.69) is 11.9 Å². The van der Waals surface area contributed by atoms with Crippen molar-refractivity contribution in [2.24, 2.45) is 4.99 Å². The fourth-order valence-corrected chi connectivity index (χ4v) is 1.18. The molecule has 12 heavy (non-hydrogen) atoms. The van der Waals surface area contributed by atoms with Crippen LogP contribution in [0.3, 0.4) is 0 Å². The minimum absolute atomic E-state index is 0.121. The van der Waals surface area contributed by atoms with E-state index >= 15 is 0 Å². The van der Waals surface area contributed by atoms with E-state index in [4.69, 9.17) is 0 Å². The van der Waals surface area contributed by atoms with Gasteiger partial charge in [-0.3, -0.25) is 0 Å². The zero-order valence-corrected chi connectivity index (χ0v) is 7.66. The van der Waals surface area contributed by atoms with Gasteiger partial charge in [-0.05, 0) is 13.3 Å². The second kappa shape index (κ2) is 4.09. The first-order valence-corrected chi connectivity index (χ1v) is 4.35. The Balaban J connectivity index is 2.52. The van der Waals surface area contributed by atoms with Crippen LogP contribution in [0.25, 0.3) is 0 Å². The van der Waals surface area contributed by atoms with Crippen molar-refractivity contribution in [2.75, 3.05) is 19.8 Å². The molecule has 0 atom stereocenters. The summed E-state index contributed by atoms with van der Waals surface area (Å²) >= 11 is 0. The second-order valence-electron chi connectivity index (χ2n) is 2.84. The topological polar surface area (TPSA) is 35.9 Å². The zero-order valence-electron chi connectivity index (χ0n) is 7.66. The molecule has 4 nitrogen and oxygen atoms in total. The molecule has 0 fully saturated rings. The number of rotatable bonds is 3. The number of hydrogen-bond donors (Lipinski definition) is 0. The highest BCUT2D eigenvalue weighted by Gasteiger charge is 2.16. The van der Waals surface area contributed by atoms with Crippen molar-refractivity contribution in [3.63, 3.8) is 0 Å². The number of urea groups is 1. The third-order valence-electron chi connectivity index (χ3n) is 1.85. The van der Waals surface area contributed by atoms with Crippen LogP contribution in [-0.4, -0.2) is 41.9 Å². The van der Waals surface area contributed by atoms with Crippen molar-refractivity contribution in [1.29, 1.82) is 0 Å². The fraction of sp³-hybridized carbons (Fsp3) is 0.750. The summed E-state index contributed by atoms with van der Waals surface area (Å²) in [4.78, 5) is 18.6. The number of amides is 2. The standard InChI is InChI=1S/C8H15N3O/c1-3-5-10-6-9-8(12)11(4-2)7-10/h6H,3-5,7H2,1-2H3. The minimum atomic E-state index is -0.121. The van der Waals surface area contributed by atoms with E-state index in [1.165, 1.54) is 0 Å². The molecule has 68 valence electrons. The molecule has 0 bridgehead atoms. The molecule has 0 N–H and O–H groups in total. The van der Waals surface area contributed by atoms with Crippen LogP contribution in [0, 0.1) is 0 Å². The number of nitrogens with zero attached hydrogens (tertiary/aromatic N) is 3. The van der Waals surface area contributed by atoms with Crippen LogP contribution in [0.15, 0.2) is 4.99 Å². The number of hydrogen-bond acceptors (Lipinski definition) is 2. The molecule has 1 heterocycles. The largest absolute Gasteiger partial charge is 0.346 e. The fourth-order valence-electron chi connectivity index (χ4n) is 1.18. The zero-order chi connectivity index (χ0) is 8.97. The lowest BCUT2D eigenvalue weighted by Gasteiger charge is -2.30. The van der Waals surface area contributed by atoms with E-state index < -0.39 is 0 Å². The third-order valence-corrected chi connectivity index (χ3v) is 1.85. The SMILES string of the molecule is CCCN1C=NC(=O)N(CC)C1. The Bertz CT molecular complexity index is 191. The van der Waals surface area contributed by atoms with Crippen LogP contribution in [0.4, 0.5) is 4.79 Å². The Hall–Kier alpha value is -1.06. The molecule has 4 heteroatoms. The number of carbonyl (C=O) groups excluding carboxylic acids is 1. The highest BCUT2D eigenvalue weighted by molar-refractivity contribution is 5.84. The smallest absolute Gasteiger partial charge is 0.345 e. The maximum absolute atomic E-state index is 11.1. The second-order valence-corrected chi connectivity index (χ2v) is 2.84. The third kappa shape index (κ3) is 1.96. The molecule has 1 aliphatic rings. The van der Waals surface area contributed by atoms with Gasteiger partial charge in [-0.15, -0.1) is 0 Å². The molecular formula is C8H15N3O. The molecule has 0 unspecified atom stereocenters. The van der Waals surface area contributed by atoms with Crippen molar-refractivity contribution in [2.45, 2.75) is 20.3 Å². The highest BCUT2D eigenvalue weighted by Crippen LogP contribution is 2.02. The van der Waals surface area contributed by atoms with Gasteiger partial charge in [0.2, 0.25) is 0 Å². The molecule has 0 saturated carbocycles. The predicted molar refractivity (Wildman–Crippen MR) is 48.1 cm³/mol. The lowest BCUT2D eigenvalue weighted by Crippen LogP contribution is -2.43. The molecule has 1 aliphatic heterocycles. The quantitative estimate of drug-likeness (QED) is 0.635. The van der Waals surface area contributed by atoms with Crippen molar-refractivity contribution >= 4 is 12.4 Å². The maximum atomic E-state index is 11.1. The Morgan fingerprint density at radius 3 is 2.92 bits per heavy atom. The van der Waals surface area contributed by atoms with Crippen molar-refractivity contribution in [3.05, 3.63) is 0 Å². The van der Waals surface area contributed by atoms with Gasteiger partial charge in [0.25, 0.3) is 0 Å². The first-order chi connectivity index (χ1) is 5.77. The van der Waals surface area contributed by atoms with E-state index in [9.17, 15) is 4.79 Å². The predicted octanol–water partition coefficient (Wildman–Crippen LogP) is 1.14. The summed E-state index contributed by atoms with van der Waals surface area (Å²) in [6.45, 7) is 6.46. The van der Waals surface area contributed by atoms with Gasteiger partial charge in [-0.2, -0.15) is 4.99 Å². The van der Waals surface area contributed by atoms with Crippen molar-refractivity contribution in [1.82, 2.24) is 9.80 Å². The van der Waals surface area contributed by atoms with Crippen LogP contribution in [0.1, 0.15) is 20.3 Å². The van der Waals surface area contributed by atoms with Gasteiger partial charge < -0.3 is 9.80 Å². The first kappa shape index (κ1) is 9.03. The van der Waals surface area contributed by atoms with Crippen LogP contribution >= 0.6 is 0 Å².